The normalized spacial score (nSPS) is 9.50. The Hall–Kier alpha value is -1.38. The zero-order chi connectivity index (χ0) is 8.97. The van der Waals surface area contributed by atoms with Gasteiger partial charge in [0.2, 0.25) is 0 Å². The topological polar surface area (TPSA) is 20.3 Å². The minimum absolute atomic E-state index is 0.260. The summed E-state index contributed by atoms with van der Waals surface area (Å²) in [5.41, 5.74) is 0.503. The smallest absolute Gasteiger partial charge is 0.312 e. The Kier molecular flexibility index (Phi) is 2.80. The molecule has 63 valence electrons. The van der Waals surface area contributed by atoms with Crippen molar-refractivity contribution in [3.05, 3.63) is 35.6 Å². The molecule has 0 saturated carbocycles. The lowest BCUT2D eigenvalue weighted by Crippen LogP contribution is -2.15. The maximum atomic E-state index is 12.9. The number of benzene rings is 1. The maximum absolute atomic E-state index is 12.9. The summed E-state index contributed by atoms with van der Waals surface area (Å²) in [5, 5.41) is 0. The molecule has 0 unspecified atom stereocenters. The molecule has 2 nitrogen and oxygen atoms in total. The van der Waals surface area contributed by atoms with E-state index in [1.165, 1.54) is 11.0 Å². The zero-order valence-electron chi connectivity index (χ0n) is 6.75. The number of halogens is 1. The fraction of sp³-hybridized carbons (Fsp3) is 0.222. The zero-order valence-corrected chi connectivity index (χ0v) is 6.75. The molecule has 1 amide bonds. The Morgan fingerprint density at radius 3 is 2.75 bits per heavy atom. The first-order chi connectivity index (χ1) is 5.74. The van der Waals surface area contributed by atoms with Crippen LogP contribution in [-0.4, -0.2) is 18.4 Å². The highest BCUT2D eigenvalue weighted by Gasteiger charge is 2.02. The summed E-state index contributed by atoms with van der Waals surface area (Å²) in [5.74, 6) is -0.292. The van der Waals surface area contributed by atoms with Crippen LogP contribution < -0.4 is 0 Å². The van der Waals surface area contributed by atoms with Crippen LogP contribution in [0.25, 0.3) is 0 Å². The average molecular weight is 166 g/mol. The molecular weight excluding hydrogens is 157 g/mol. The van der Waals surface area contributed by atoms with E-state index in [0.29, 0.717) is 5.56 Å². The van der Waals surface area contributed by atoms with Crippen molar-refractivity contribution in [2.75, 3.05) is 7.05 Å². The lowest BCUT2D eigenvalue weighted by molar-refractivity contribution is 0.423. The average Bonchev–Trinajstić information content (AvgIpc) is 2.09. The van der Waals surface area contributed by atoms with Crippen molar-refractivity contribution in [3.63, 3.8) is 0 Å². The van der Waals surface area contributed by atoms with Gasteiger partial charge in [0.25, 0.3) is 0 Å². The van der Waals surface area contributed by atoms with E-state index in [-0.39, 0.29) is 12.4 Å². The molecule has 1 radical (unpaired) electrons. The first kappa shape index (κ1) is 8.71. The van der Waals surface area contributed by atoms with Crippen LogP contribution in [0.1, 0.15) is 5.56 Å². The van der Waals surface area contributed by atoms with Crippen LogP contribution in [0.15, 0.2) is 24.3 Å². The van der Waals surface area contributed by atoms with Crippen molar-refractivity contribution in [1.29, 1.82) is 0 Å². The number of nitrogens with zero attached hydrogens (tertiary/aromatic N) is 1. The number of carbonyl (C=O) groups excluding carboxylic acids is 1. The third-order valence-electron chi connectivity index (χ3n) is 1.52. The summed E-state index contributed by atoms with van der Waals surface area (Å²) in [6, 6.07) is 6.36. The van der Waals surface area contributed by atoms with Crippen molar-refractivity contribution in [1.82, 2.24) is 4.90 Å². The number of hydrogen-bond donors (Lipinski definition) is 0. The number of amides is 1. The van der Waals surface area contributed by atoms with Crippen LogP contribution in [-0.2, 0) is 11.3 Å². The van der Waals surface area contributed by atoms with Crippen molar-refractivity contribution >= 4 is 6.41 Å². The molecule has 0 aliphatic carbocycles. The minimum Gasteiger partial charge on any atom is -0.333 e. The van der Waals surface area contributed by atoms with Gasteiger partial charge in [0, 0.05) is 19.2 Å². The highest BCUT2D eigenvalue weighted by molar-refractivity contribution is 5.47. The molecular formula is C9H9FNO. The first-order valence-electron chi connectivity index (χ1n) is 3.56. The van der Waals surface area contributed by atoms with E-state index >= 15 is 0 Å². The standard InChI is InChI=1S/C9H9FNO/c1-11(7-12)6-8-4-2-3-5-9(8)10/h2-5H,6H2,1H3. The van der Waals surface area contributed by atoms with Gasteiger partial charge in [0.05, 0.1) is 0 Å². The minimum atomic E-state index is -0.292. The van der Waals surface area contributed by atoms with Gasteiger partial charge >= 0.3 is 6.41 Å². The van der Waals surface area contributed by atoms with E-state index in [1.807, 2.05) is 0 Å². The number of rotatable bonds is 3. The highest BCUT2D eigenvalue weighted by atomic mass is 19.1. The SMILES string of the molecule is CN([C]=O)Cc1ccccc1F. The van der Waals surface area contributed by atoms with E-state index in [1.54, 1.807) is 31.7 Å². The monoisotopic (exact) mass is 166 g/mol. The Balaban J connectivity index is 2.75. The summed E-state index contributed by atoms with van der Waals surface area (Å²) in [6.45, 7) is 0.260. The molecule has 1 aromatic rings. The van der Waals surface area contributed by atoms with Gasteiger partial charge in [-0.05, 0) is 6.07 Å². The molecule has 0 saturated heterocycles. The molecule has 0 N–H and O–H groups in total. The molecule has 1 aromatic carbocycles. The summed E-state index contributed by atoms with van der Waals surface area (Å²) in [4.78, 5) is 11.4. The van der Waals surface area contributed by atoms with Gasteiger partial charge in [-0.15, -0.1) is 0 Å². The summed E-state index contributed by atoms with van der Waals surface area (Å²) < 4.78 is 12.9. The van der Waals surface area contributed by atoms with Crippen LogP contribution in [0.5, 0.6) is 0 Å². The van der Waals surface area contributed by atoms with Crippen LogP contribution in [0.2, 0.25) is 0 Å². The van der Waals surface area contributed by atoms with Gasteiger partial charge < -0.3 is 4.90 Å². The molecule has 0 aliphatic rings. The van der Waals surface area contributed by atoms with Crippen LogP contribution in [0.4, 0.5) is 4.39 Å². The predicted molar refractivity (Wildman–Crippen MR) is 43.6 cm³/mol. The second-order valence-electron chi connectivity index (χ2n) is 2.54. The molecule has 3 heteroatoms. The van der Waals surface area contributed by atoms with Crippen LogP contribution >= 0.6 is 0 Å². The predicted octanol–water partition coefficient (Wildman–Crippen LogP) is 1.32. The van der Waals surface area contributed by atoms with E-state index in [2.05, 4.69) is 0 Å². The van der Waals surface area contributed by atoms with E-state index < -0.39 is 0 Å². The number of hydrogen-bond acceptors (Lipinski definition) is 1. The summed E-state index contributed by atoms with van der Waals surface area (Å²) in [6.07, 6.45) is 1.66. The van der Waals surface area contributed by atoms with Crippen LogP contribution in [0, 0.1) is 5.82 Å². The molecule has 0 spiro atoms. The Bertz CT molecular complexity index is 275. The van der Waals surface area contributed by atoms with E-state index in [0.717, 1.165) is 0 Å². The molecule has 0 atom stereocenters. The fourth-order valence-corrected chi connectivity index (χ4v) is 0.914. The van der Waals surface area contributed by atoms with Gasteiger partial charge in [-0.3, -0.25) is 4.79 Å². The largest absolute Gasteiger partial charge is 0.333 e. The van der Waals surface area contributed by atoms with Crippen molar-refractivity contribution in [2.45, 2.75) is 6.54 Å². The molecule has 1 rings (SSSR count). The molecule has 0 bridgehead atoms. The second-order valence-corrected chi connectivity index (χ2v) is 2.54. The first-order valence-corrected chi connectivity index (χ1v) is 3.56. The van der Waals surface area contributed by atoms with Crippen LogP contribution in [0.3, 0.4) is 0 Å². The molecule has 0 fully saturated rings. The maximum Gasteiger partial charge on any atom is 0.312 e. The molecule has 0 aromatic heterocycles. The second kappa shape index (κ2) is 3.85. The quantitative estimate of drug-likeness (QED) is 0.620. The Morgan fingerprint density at radius 1 is 1.50 bits per heavy atom. The van der Waals surface area contributed by atoms with Gasteiger partial charge in [0.1, 0.15) is 5.82 Å². The third-order valence-corrected chi connectivity index (χ3v) is 1.52. The van der Waals surface area contributed by atoms with E-state index in [9.17, 15) is 9.18 Å². The third kappa shape index (κ3) is 2.05. The summed E-state index contributed by atoms with van der Waals surface area (Å²) >= 11 is 0. The van der Waals surface area contributed by atoms with Gasteiger partial charge in [-0.2, -0.15) is 0 Å². The molecule has 0 heterocycles. The molecule has 12 heavy (non-hydrogen) atoms. The van der Waals surface area contributed by atoms with Gasteiger partial charge in [-0.1, -0.05) is 18.2 Å². The van der Waals surface area contributed by atoms with Crippen molar-refractivity contribution < 1.29 is 9.18 Å². The lowest BCUT2D eigenvalue weighted by Gasteiger charge is -2.09. The van der Waals surface area contributed by atoms with Gasteiger partial charge in [-0.25, -0.2) is 4.39 Å². The van der Waals surface area contributed by atoms with Gasteiger partial charge in [0.15, 0.2) is 0 Å². The Morgan fingerprint density at radius 2 is 2.17 bits per heavy atom. The Labute approximate surface area is 70.6 Å². The fourth-order valence-electron chi connectivity index (χ4n) is 0.914. The highest BCUT2D eigenvalue weighted by Crippen LogP contribution is 2.07. The summed E-state index contributed by atoms with van der Waals surface area (Å²) in [7, 11) is 1.56. The van der Waals surface area contributed by atoms with Crippen molar-refractivity contribution in [2.24, 2.45) is 0 Å². The molecule has 0 aliphatic heterocycles. The van der Waals surface area contributed by atoms with E-state index in [4.69, 9.17) is 0 Å². The van der Waals surface area contributed by atoms with Crippen molar-refractivity contribution in [3.8, 4) is 0 Å². The lowest BCUT2D eigenvalue weighted by atomic mass is 10.2.